The van der Waals surface area contributed by atoms with Gasteiger partial charge in [-0.2, -0.15) is 0 Å². The van der Waals surface area contributed by atoms with Crippen molar-refractivity contribution >= 4 is 11.9 Å². The van der Waals surface area contributed by atoms with Gasteiger partial charge in [0.15, 0.2) is 0 Å². The lowest BCUT2D eigenvalue weighted by atomic mass is 9.81. The zero-order valence-corrected chi connectivity index (χ0v) is 12.7. The average molecular weight is 291 g/mol. The molecule has 3 aliphatic rings. The summed E-state index contributed by atoms with van der Waals surface area (Å²) >= 11 is 0. The molecule has 3 rings (SSSR count). The lowest BCUT2D eigenvalue weighted by Crippen LogP contribution is -2.43. The molecule has 4 atom stereocenters. The molecule has 3 aliphatic carbocycles. The van der Waals surface area contributed by atoms with E-state index in [1.165, 1.54) is 32.1 Å². The molecule has 4 nitrogen and oxygen atoms in total. The van der Waals surface area contributed by atoms with Gasteiger partial charge in [-0.3, -0.25) is 9.59 Å². The van der Waals surface area contributed by atoms with E-state index >= 15 is 0 Å². The Kier molecular flexibility index (Phi) is 4.05. The number of hydrogen-bond acceptors (Lipinski definition) is 2. The van der Waals surface area contributed by atoms with Gasteiger partial charge in [0.1, 0.15) is 0 Å². The maximum atomic E-state index is 12.8. The minimum Gasteiger partial charge on any atom is -0.481 e. The smallest absolute Gasteiger partial charge is 0.307 e. The molecule has 0 aromatic rings. The summed E-state index contributed by atoms with van der Waals surface area (Å²) in [4.78, 5) is 26.1. The fourth-order valence-electron chi connectivity index (χ4n) is 4.60. The molecule has 2 saturated carbocycles. The van der Waals surface area contributed by atoms with Crippen LogP contribution in [0.5, 0.6) is 0 Å². The summed E-state index contributed by atoms with van der Waals surface area (Å²) in [5.41, 5.74) is 0. The largest absolute Gasteiger partial charge is 0.481 e. The molecular weight excluding hydrogens is 266 g/mol. The summed E-state index contributed by atoms with van der Waals surface area (Å²) < 4.78 is 0. The van der Waals surface area contributed by atoms with Crippen LogP contribution >= 0.6 is 0 Å². The number of rotatable bonds is 4. The Bertz CT molecular complexity index is 453. The van der Waals surface area contributed by atoms with Gasteiger partial charge in [-0.25, -0.2) is 0 Å². The molecule has 0 aromatic carbocycles. The molecule has 2 unspecified atom stereocenters. The summed E-state index contributed by atoms with van der Waals surface area (Å²) in [7, 11) is 1.85. The molecule has 2 fully saturated rings. The van der Waals surface area contributed by atoms with Crippen LogP contribution in [0.2, 0.25) is 0 Å². The number of carboxylic acid groups (broad SMARTS) is 1. The van der Waals surface area contributed by atoms with Crippen molar-refractivity contribution in [1.29, 1.82) is 0 Å². The molecule has 0 radical (unpaired) electrons. The Morgan fingerprint density at radius 2 is 1.71 bits per heavy atom. The van der Waals surface area contributed by atoms with Gasteiger partial charge in [0.25, 0.3) is 0 Å². The Morgan fingerprint density at radius 1 is 1.10 bits per heavy atom. The highest BCUT2D eigenvalue weighted by molar-refractivity contribution is 5.86. The molecule has 1 N–H and O–H groups in total. The highest BCUT2D eigenvalue weighted by Gasteiger charge is 2.52. The first-order chi connectivity index (χ1) is 10.1. The Labute approximate surface area is 126 Å². The van der Waals surface area contributed by atoms with Crippen molar-refractivity contribution in [3.63, 3.8) is 0 Å². The molecule has 0 heterocycles. The van der Waals surface area contributed by atoms with E-state index in [0.29, 0.717) is 5.92 Å². The molecule has 0 spiro atoms. The van der Waals surface area contributed by atoms with E-state index in [2.05, 4.69) is 6.08 Å². The molecular formula is C17H25NO3. The number of carbonyl (C=O) groups is 2. The standard InChI is InChI=1S/C17H25NO3/c1-18(10-11-5-3-2-4-6-11)16(19)14-12-7-8-13(9-12)15(14)17(20)21/h7-8,11-15H,2-6,9-10H2,1H3,(H,20,21)/t12?,13?,14-,15+/m0/s1. The average Bonchev–Trinajstić information content (AvgIpc) is 3.08. The van der Waals surface area contributed by atoms with E-state index in [4.69, 9.17) is 0 Å². The van der Waals surface area contributed by atoms with Crippen LogP contribution in [0.4, 0.5) is 0 Å². The highest BCUT2D eigenvalue weighted by atomic mass is 16.4. The van der Waals surface area contributed by atoms with Crippen LogP contribution < -0.4 is 0 Å². The first-order valence-corrected chi connectivity index (χ1v) is 8.24. The van der Waals surface area contributed by atoms with Gasteiger partial charge in [0.05, 0.1) is 11.8 Å². The molecule has 21 heavy (non-hydrogen) atoms. The molecule has 2 bridgehead atoms. The Hall–Kier alpha value is -1.32. The zero-order chi connectivity index (χ0) is 15.0. The van der Waals surface area contributed by atoms with E-state index in [-0.39, 0.29) is 23.7 Å². The van der Waals surface area contributed by atoms with Crippen molar-refractivity contribution in [3.05, 3.63) is 12.2 Å². The van der Waals surface area contributed by atoms with Crippen molar-refractivity contribution in [2.45, 2.75) is 38.5 Å². The maximum absolute atomic E-state index is 12.8. The summed E-state index contributed by atoms with van der Waals surface area (Å²) in [6.45, 7) is 0.794. The van der Waals surface area contributed by atoms with Crippen LogP contribution in [-0.2, 0) is 9.59 Å². The van der Waals surface area contributed by atoms with E-state index in [1.807, 2.05) is 18.0 Å². The van der Waals surface area contributed by atoms with Crippen molar-refractivity contribution in [2.75, 3.05) is 13.6 Å². The van der Waals surface area contributed by atoms with Crippen LogP contribution in [0, 0.1) is 29.6 Å². The van der Waals surface area contributed by atoms with Gasteiger partial charge in [-0.05, 0) is 37.0 Å². The molecule has 116 valence electrons. The third-order valence-corrected chi connectivity index (χ3v) is 5.66. The quantitative estimate of drug-likeness (QED) is 0.810. The second kappa shape index (κ2) is 5.82. The van der Waals surface area contributed by atoms with Gasteiger partial charge >= 0.3 is 5.97 Å². The molecule has 4 heteroatoms. The van der Waals surface area contributed by atoms with Gasteiger partial charge in [-0.1, -0.05) is 31.4 Å². The Balaban J connectivity index is 1.66. The summed E-state index contributed by atoms with van der Waals surface area (Å²) in [5.74, 6) is -0.819. The van der Waals surface area contributed by atoms with Crippen molar-refractivity contribution in [2.24, 2.45) is 29.6 Å². The summed E-state index contributed by atoms with van der Waals surface area (Å²) in [6.07, 6.45) is 11.1. The zero-order valence-electron chi connectivity index (χ0n) is 12.7. The number of carbonyl (C=O) groups excluding carboxylic acids is 1. The number of aliphatic carboxylic acids is 1. The lowest BCUT2D eigenvalue weighted by Gasteiger charge is -2.32. The molecule has 0 saturated heterocycles. The van der Waals surface area contributed by atoms with Crippen molar-refractivity contribution in [1.82, 2.24) is 4.90 Å². The second-order valence-corrected chi connectivity index (χ2v) is 7.06. The first-order valence-electron chi connectivity index (χ1n) is 8.24. The van der Waals surface area contributed by atoms with Crippen LogP contribution in [-0.4, -0.2) is 35.5 Å². The Morgan fingerprint density at radius 3 is 2.33 bits per heavy atom. The number of hydrogen-bond donors (Lipinski definition) is 1. The third kappa shape index (κ3) is 2.72. The number of amides is 1. The van der Waals surface area contributed by atoms with Crippen LogP contribution in [0.15, 0.2) is 12.2 Å². The van der Waals surface area contributed by atoms with E-state index < -0.39 is 11.9 Å². The predicted molar refractivity (Wildman–Crippen MR) is 79.6 cm³/mol. The summed E-state index contributed by atoms with van der Waals surface area (Å²) in [6, 6.07) is 0. The second-order valence-electron chi connectivity index (χ2n) is 7.06. The van der Waals surface area contributed by atoms with Crippen molar-refractivity contribution < 1.29 is 14.7 Å². The fraction of sp³-hybridized carbons (Fsp3) is 0.765. The molecule has 0 aliphatic heterocycles. The number of allylic oxidation sites excluding steroid dienone is 2. The topological polar surface area (TPSA) is 57.6 Å². The van der Waals surface area contributed by atoms with Crippen LogP contribution in [0.3, 0.4) is 0 Å². The van der Waals surface area contributed by atoms with Crippen LogP contribution in [0.1, 0.15) is 38.5 Å². The highest BCUT2D eigenvalue weighted by Crippen LogP contribution is 2.48. The van der Waals surface area contributed by atoms with Gasteiger partial charge < -0.3 is 10.0 Å². The molecule has 0 aromatic heterocycles. The minimum atomic E-state index is -0.809. The van der Waals surface area contributed by atoms with E-state index in [0.717, 1.165) is 13.0 Å². The number of carboxylic acids is 1. The number of nitrogens with zero attached hydrogens (tertiary/aromatic N) is 1. The monoisotopic (exact) mass is 291 g/mol. The summed E-state index contributed by atoms with van der Waals surface area (Å²) in [5, 5.41) is 9.45. The number of fused-ring (bicyclic) bond motifs is 2. The van der Waals surface area contributed by atoms with Gasteiger partial charge in [-0.15, -0.1) is 0 Å². The van der Waals surface area contributed by atoms with Crippen molar-refractivity contribution in [3.8, 4) is 0 Å². The van der Waals surface area contributed by atoms with Crippen LogP contribution in [0.25, 0.3) is 0 Å². The minimum absolute atomic E-state index is 0.0461. The van der Waals surface area contributed by atoms with Gasteiger partial charge in [0.2, 0.25) is 5.91 Å². The first kappa shape index (κ1) is 14.6. The predicted octanol–water partition coefficient (Wildman–Crippen LogP) is 2.55. The third-order valence-electron chi connectivity index (χ3n) is 5.66. The van der Waals surface area contributed by atoms with Gasteiger partial charge in [0, 0.05) is 13.6 Å². The van der Waals surface area contributed by atoms with E-state index in [1.54, 1.807) is 0 Å². The van der Waals surface area contributed by atoms with E-state index in [9.17, 15) is 14.7 Å². The molecule has 1 amide bonds. The lowest BCUT2D eigenvalue weighted by molar-refractivity contribution is -0.150. The normalized spacial score (nSPS) is 35.1. The maximum Gasteiger partial charge on any atom is 0.307 e. The fourth-order valence-corrected chi connectivity index (χ4v) is 4.60. The SMILES string of the molecule is CN(CC1CCCCC1)C(=O)[C@H]1C2C=CC(C2)[C@H]1C(=O)O.